The first kappa shape index (κ1) is 14.2. The molecule has 0 saturated heterocycles. The van der Waals surface area contributed by atoms with Gasteiger partial charge in [0, 0.05) is 13.2 Å². The second-order valence-corrected chi connectivity index (χ2v) is 4.57. The van der Waals surface area contributed by atoms with Crippen molar-refractivity contribution in [3.05, 3.63) is 35.4 Å². The summed E-state index contributed by atoms with van der Waals surface area (Å²) in [6.07, 6.45) is 2.52. The minimum absolute atomic E-state index is 0.343. The molecule has 0 aromatic heterocycles. The fraction of sp³-hybridized carbons (Fsp3) is 0.600. The number of hydrogen-bond acceptors (Lipinski definition) is 2. The standard InChI is InChI=1S/C15H25NO/c1-4-14-8-5-6-9-15(14)12-16-10-7-11-17-13(2)3/h5-6,8-9,13,16H,4,7,10-12H2,1-3H3. The Labute approximate surface area is 105 Å². The van der Waals surface area contributed by atoms with Gasteiger partial charge in [-0.25, -0.2) is 0 Å². The van der Waals surface area contributed by atoms with Crippen molar-refractivity contribution in [2.45, 2.75) is 46.3 Å². The number of nitrogens with one attached hydrogen (secondary N) is 1. The van der Waals surface area contributed by atoms with E-state index in [1.807, 2.05) is 0 Å². The summed E-state index contributed by atoms with van der Waals surface area (Å²) in [6, 6.07) is 8.63. The summed E-state index contributed by atoms with van der Waals surface area (Å²) in [4.78, 5) is 0. The predicted molar refractivity (Wildman–Crippen MR) is 73.2 cm³/mol. The minimum atomic E-state index is 0.343. The maximum atomic E-state index is 5.50. The molecule has 0 fully saturated rings. The molecule has 1 N–H and O–H groups in total. The van der Waals surface area contributed by atoms with Crippen molar-refractivity contribution < 1.29 is 4.74 Å². The van der Waals surface area contributed by atoms with Crippen molar-refractivity contribution in [1.82, 2.24) is 5.32 Å². The summed E-state index contributed by atoms with van der Waals surface area (Å²) in [7, 11) is 0. The Bertz CT molecular complexity index is 310. The van der Waals surface area contributed by atoms with Gasteiger partial charge in [0.1, 0.15) is 0 Å². The minimum Gasteiger partial charge on any atom is -0.379 e. The smallest absolute Gasteiger partial charge is 0.0518 e. The Kier molecular flexibility index (Phi) is 6.90. The van der Waals surface area contributed by atoms with Crippen molar-refractivity contribution in [3.63, 3.8) is 0 Å². The highest BCUT2D eigenvalue weighted by atomic mass is 16.5. The van der Waals surface area contributed by atoms with Gasteiger partial charge in [-0.2, -0.15) is 0 Å². The summed E-state index contributed by atoms with van der Waals surface area (Å²) >= 11 is 0. The molecule has 2 nitrogen and oxygen atoms in total. The SMILES string of the molecule is CCc1ccccc1CNCCCOC(C)C. The van der Waals surface area contributed by atoms with E-state index in [2.05, 4.69) is 50.4 Å². The van der Waals surface area contributed by atoms with Crippen LogP contribution in [0.15, 0.2) is 24.3 Å². The molecule has 0 spiro atoms. The van der Waals surface area contributed by atoms with E-state index in [4.69, 9.17) is 4.74 Å². The van der Waals surface area contributed by atoms with Gasteiger partial charge < -0.3 is 10.1 Å². The highest BCUT2D eigenvalue weighted by Gasteiger charge is 1.98. The van der Waals surface area contributed by atoms with Crippen LogP contribution < -0.4 is 5.32 Å². The van der Waals surface area contributed by atoms with Crippen LogP contribution in [0.5, 0.6) is 0 Å². The lowest BCUT2D eigenvalue weighted by atomic mass is 10.1. The zero-order chi connectivity index (χ0) is 12.5. The van der Waals surface area contributed by atoms with Crippen LogP contribution in [0.3, 0.4) is 0 Å². The van der Waals surface area contributed by atoms with Gasteiger partial charge >= 0.3 is 0 Å². The number of rotatable bonds is 8. The molecule has 1 rings (SSSR count). The van der Waals surface area contributed by atoms with E-state index in [0.29, 0.717) is 6.10 Å². The third kappa shape index (κ3) is 5.85. The molecule has 17 heavy (non-hydrogen) atoms. The lowest BCUT2D eigenvalue weighted by molar-refractivity contribution is 0.0770. The molecule has 1 aromatic rings. The quantitative estimate of drug-likeness (QED) is 0.699. The fourth-order valence-corrected chi connectivity index (χ4v) is 1.81. The Morgan fingerprint density at radius 2 is 1.88 bits per heavy atom. The molecule has 0 radical (unpaired) electrons. The highest BCUT2D eigenvalue weighted by molar-refractivity contribution is 5.26. The molecule has 2 heteroatoms. The Morgan fingerprint density at radius 3 is 2.53 bits per heavy atom. The van der Waals surface area contributed by atoms with Crippen LogP contribution in [-0.4, -0.2) is 19.3 Å². The molecule has 0 heterocycles. The second-order valence-electron chi connectivity index (χ2n) is 4.57. The Balaban J connectivity index is 2.17. The van der Waals surface area contributed by atoms with Crippen LogP contribution in [0.4, 0.5) is 0 Å². The summed E-state index contributed by atoms with van der Waals surface area (Å²) in [5.41, 5.74) is 2.86. The van der Waals surface area contributed by atoms with Crippen molar-refractivity contribution in [1.29, 1.82) is 0 Å². The molecular formula is C15H25NO. The monoisotopic (exact) mass is 235 g/mol. The van der Waals surface area contributed by atoms with Gasteiger partial charge in [0.05, 0.1) is 6.10 Å². The number of aryl methyl sites for hydroxylation is 1. The summed E-state index contributed by atoms with van der Waals surface area (Å²) < 4.78 is 5.50. The average molecular weight is 235 g/mol. The molecule has 0 unspecified atom stereocenters. The van der Waals surface area contributed by atoms with E-state index in [0.717, 1.165) is 32.5 Å². The Hall–Kier alpha value is -0.860. The van der Waals surface area contributed by atoms with Gasteiger partial charge in [0.2, 0.25) is 0 Å². The zero-order valence-electron chi connectivity index (χ0n) is 11.3. The van der Waals surface area contributed by atoms with Gasteiger partial charge in [0.15, 0.2) is 0 Å². The zero-order valence-corrected chi connectivity index (χ0v) is 11.3. The van der Waals surface area contributed by atoms with E-state index in [-0.39, 0.29) is 0 Å². The maximum absolute atomic E-state index is 5.50. The molecule has 0 aliphatic carbocycles. The lowest BCUT2D eigenvalue weighted by Crippen LogP contribution is -2.18. The molecule has 0 amide bonds. The molecule has 0 bridgehead atoms. The van der Waals surface area contributed by atoms with Crippen LogP contribution in [-0.2, 0) is 17.7 Å². The van der Waals surface area contributed by atoms with Crippen molar-refractivity contribution in [2.75, 3.05) is 13.2 Å². The summed E-state index contributed by atoms with van der Waals surface area (Å²) in [6.45, 7) is 9.18. The lowest BCUT2D eigenvalue weighted by Gasteiger charge is -2.10. The number of hydrogen-bond donors (Lipinski definition) is 1. The third-order valence-corrected chi connectivity index (χ3v) is 2.76. The first-order chi connectivity index (χ1) is 8.24. The van der Waals surface area contributed by atoms with E-state index >= 15 is 0 Å². The molecule has 0 saturated carbocycles. The number of benzene rings is 1. The third-order valence-electron chi connectivity index (χ3n) is 2.76. The predicted octanol–water partition coefficient (Wildman–Crippen LogP) is 3.15. The van der Waals surface area contributed by atoms with Crippen LogP contribution >= 0.6 is 0 Å². The van der Waals surface area contributed by atoms with E-state index in [1.165, 1.54) is 11.1 Å². The second kappa shape index (κ2) is 8.26. The fourth-order valence-electron chi connectivity index (χ4n) is 1.81. The largest absolute Gasteiger partial charge is 0.379 e. The van der Waals surface area contributed by atoms with E-state index in [9.17, 15) is 0 Å². The van der Waals surface area contributed by atoms with Crippen LogP contribution in [0, 0.1) is 0 Å². The highest BCUT2D eigenvalue weighted by Crippen LogP contribution is 2.08. The normalized spacial score (nSPS) is 11.1. The van der Waals surface area contributed by atoms with Crippen LogP contribution in [0.1, 0.15) is 38.3 Å². The van der Waals surface area contributed by atoms with Gasteiger partial charge in [-0.3, -0.25) is 0 Å². The molecule has 0 atom stereocenters. The topological polar surface area (TPSA) is 21.3 Å². The van der Waals surface area contributed by atoms with Crippen molar-refractivity contribution in [2.24, 2.45) is 0 Å². The molecule has 0 aliphatic rings. The van der Waals surface area contributed by atoms with E-state index < -0.39 is 0 Å². The average Bonchev–Trinajstić information content (AvgIpc) is 2.33. The Morgan fingerprint density at radius 1 is 1.18 bits per heavy atom. The maximum Gasteiger partial charge on any atom is 0.0518 e. The molecule has 1 aromatic carbocycles. The van der Waals surface area contributed by atoms with Crippen molar-refractivity contribution >= 4 is 0 Å². The van der Waals surface area contributed by atoms with Gasteiger partial charge in [-0.15, -0.1) is 0 Å². The molecular weight excluding hydrogens is 210 g/mol. The number of ether oxygens (including phenoxy) is 1. The van der Waals surface area contributed by atoms with Crippen LogP contribution in [0.25, 0.3) is 0 Å². The summed E-state index contributed by atoms with van der Waals surface area (Å²) in [5.74, 6) is 0. The van der Waals surface area contributed by atoms with Crippen LogP contribution in [0.2, 0.25) is 0 Å². The van der Waals surface area contributed by atoms with Gasteiger partial charge in [-0.1, -0.05) is 31.2 Å². The molecule has 0 aliphatic heterocycles. The first-order valence-electron chi connectivity index (χ1n) is 6.63. The summed E-state index contributed by atoms with van der Waals surface area (Å²) in [5, 5.41) is 3.47. The van der Waals surface area contributed by atoms with Gasteiger partial charge in [-0.05, 0) is 44.4 Å². The van der Waals surface area contributed by atoms with Crippen molar-refractivity contribution in [3.8, 4) is 0 Å². The van der Waals surface area contributed by atoms with Gasteiger partial charge in [0.25, 0.3) is 0 Å². The first-order valence-corrected chi connectivity index (χ1v) is 6.63. The molecule has 96 valence electrons. The van der Waals surface area contributed by atoms with E-state index in [1.54, 1.807) is 0 Å².